The Morgan fingerprint density at radius 3 is 2.50 bits per heavy atom. The standard InChI is InChI=1S/C27H31NO4/c1-4-32-21-13-14-28(25(16-21)19-9-11-20(12-10-19)27(29)30)17-24-23-8-6-5-7-22(23)18(2)15-26(24)31-3/h5-12,15,21,25H,4,13-14,16-17H2,1-3H3,(H,29,30)/t21-,25-/m0/s1. The molecule has 0 aromatic heterocycles. The summed E-state index contributed by atoms with van der Waals surface area (Å²) in [5.74, 6) is 0.00760. The molecule has 1 aliphatic heterocycles. The SMILES string of the molecule is CCO[C@H]1CCN(Cc2c(OC)cc(C)c3ccccc23)[C@H](c2ccc(C(=O)O)cc2)C1. The first-order valence-electron chi connectivity index (χ1n) is 11.3. The molecular formula is C27H31NO4. The molecule has 3 aromatic rings. The maximum atomic E-state index is 11.3. The van der Waals surface area contributed by atoms with Crippen molar-refractivity contribution < 1.29 is 19.4 Å². The van der Waals surface area contributed by atoms with Crippen molar-refractivity contribution >= 4 is 16.7 Å². The minimum absolute atomic E-state index is 0.146. The highest BCUT2D eigenvalue weighted by Gasteiger charge is 2.31. The normalized spacial score (nSPS) is 19.2. The average molecular weight is 434 g/mol. The van der Waals surface area contributed by atoms with Gasteiger partial charge in [0.2, 0.25) is 0 Å². The first kappa shape index (κ1) is 22.3. The Morgan fingerprint density at radius 1 is 1.12 bits per heavy atom. The predicted molar refractivity (Wildman–Crippen MR) is 126 cm³/mol. The quantitative estimate of drug-likeness (QED) is 0.526. The number of carbonyl (C=O) groups is 1. The third kappa shape index (κ3) is 4.50. The van der Waals surface area contributed by atoms with E-state index in [1.807, 2.05) is 19.1 Å². The molecule has 1 N–H and O–H groups in total. The number of methoxy groups -OCH3 is 1. The number of carboxylic acids is 1. The van der Waals surface area contributed by atoms with Crippen molar-refractivity contribution in [2.24, 2.45) is 0 Å². The molecule has 1 heterocycles. The molecule has 0 radical (unpaired) electrons. The van der Waals surface area contributed by atoms with Gasteiger partial charge in [-0.3, -0.25) is 4.90 Å². The van der Waals surface area contributed by atoms with Gasteiger partial charge in [0, 0.05) is 31.3 Å². The molecule has 0 amide bonds. The molecule has 0 bridgehead atoms. The zero-order chi connectivity index (χ0) is 22.7. The lowest BCUT2D eigenvalue weighted by Crippen LogP contribution is -2.39. The van der Waals surface area contributed by atoms with Gasteiger partial charge in [-0.25, -0.2) is 4.79 Å². The predicted octanol–water partition coefficient (Wildman–Crippen LogP) is 5.60. The van der Waals surface area contributed by atoms with Crippen LogP contribution in [0.2, 0.25) is 0 Å². The molecule has 2 atom stereocenters. The first-order chi connectivity index (χ1) is 15.5. The second-order valence-corrected chi connectivity index (χ2v) is 8.44. The lowest BCUT2D eigenvalue weighted by Gasteiger charge is -2.40. The molecule has 1 fully saturated rings. The molecule has 0 aliphatic carbocycles. The van der Waals surface area contributed by atoms with Crippen molar-refractivity contribution in [2.45, 2.75) is 45.4 Å². The summed E-state index contributed by atoms with van der Waals surface area (Å²) in [4.78, 5) is 13.8. The van der Waals surface area contributed by atoms with Gasteiger partial charge in [0.1, 0.15) is 5.75 Å². The van der Waals surface area contributed by atoms with Crippen LogP contribution in [0.15, 0.2) is 54.6 Å². The van der Waals surface area contributed by atoms with Crippen LogP contribution in [0.5, 0.6) is 5.75 Å². The van der Waals surface area contributed by atoms with Crippen LogP contribution in [-0.2, 0) is 11.3 Å². The highest BCUT2D eigenvalue weighted by molar-refractivity contribution is 5.90. The van der Waals surface area contributed by atoms with E-state index in [1.54, 1.807) is 19.2 Å². The van der Waals surface area contributed by atoms with Crippen molar-refractivity contribution in [1.29, 1.82) is 0 Å². The molecule has 1 saturated heterocycles. The van der Waals surface area contributed by atoms with Gasteiger partial charge in [0.25, 0.3) is 0 Å². The number of nitrogens with zero attached hydrogens (tertiary/aromatic N) is 1. The topological polar surface area (TPSA) is 59.0 Å². The smallest absolute Gasteiger partial charge is 0.335 e. The first-order valence-corrected chi connectivity index (χ1v) is 11.3. The number of piperidine rings is 1. The van der Waals surface area contributed by atoms with E-state index in [0.717, 1.165) is 37.2 Å². The van der Waals surface area contributed by atoms with Crippen LogP contribution in [0.3, 0.4) is 0 Å². The van der Waals surface area contributed by atoms with Crippen molar-refractivity contribution in [3.63, 3.8) is 0 Å². The van der Waals surface area contributed by atoms with Gasteiger partial charge in [0.05, 0.1) is 18.8 Å². The molecular weight excluding hydrogens is 402 g/mol. The Kier molecular flexibility index (Phi) is 6.77. The van der Waals surface area contributed by atoms with E-state index in [9.17, 15) is 9.90 Å². The van der Waals surface area contributed by atoms with Crippen LogP contribution < -0.4 is 4.74 Å². The minimum atomic E-state index is -0.903. The summed E-state index contributed by atoms with van der Waals surface area (Å²) in [6.07, 6.45) is 2.06. The number of carboxylic acid groups (broad SMARTS) is 1. The fourth-order valence-electron chi connectivity index (χ4n) is 4.89. The van der Waals surface area contributed by atoms with Gasteiger partial charge in [-0.05, 0) is 66.8 Å². The largest absolute Gasteiger partial charge is 0.496 e. The number of rotatable bonds is 7. The fourth-order valence-corrected chi connectivity index (χ4v) is 4.89. The van der Waals surface area contributed by atoms with Crippen LogP contribution >= 0.6 is 0 Å². The second-order valence-electron chi connectivity index (χ2n) is 8.44. The third-order valence-corrected chi connectivity index (χ3v) is 6.51. The molecule has 5 heteroatoms. The molecule has 0 unspecified atom stereocenters. The molecule has 5 nitrogen and oxygen atoms in total. The van der Waals surface area contributed by atoms with Gasteiger partial charge in [-0.1, -0.05) is 36.4 Å². The van der Waals surface area contributed by atoms with Crippen molar-refractivity contribution in [1.82, 2.24) is 4.90 Å². The van der Waals surface area contributed by atoms with Gasteiger partial charge in [-0.2, -0.15) is 0 Å². The molecule has 4 rings (SSSR count). The van der Waals surface area contributed by atoms with E-state index >= 15 is 0 Å². The van der Waals surface area contributed by atoms with Crippen LogP contribution in [0.4, 0.5) is 0 Å². The number of aryl methyl sites for hydroxylation is 1. The van der Waals surface area contributed by atoms with Gasteiger partial charge in [-0.15, -0.1) is 0 Å². The molecule has 32 heavy (non-hydrogen) atoms. The summed E-state index contributed by atoms with van der Waals surface area (Å²) in [7, 11) is 1.73. The number of benzene rings is 3. The van der Waals surface area contributed by atoms with Crippen molar-refractivity contribution in [2.75, 3.05) is 20.3 Å². The highest BCUT2D eigenvalue weighted by atomic mass is 16.5. The van der Waals surface area contributed by atoms with Gasteiger partial charge >= 0.3 is 5.97 Å². The summed E-state index contributed by atoms with van der Waals surface area (Å²) in [5, 5.41) is 11.7. The number of hydrogen-bond donors (Lipinski definition) is 1. The molecule has 3 aromatic carbocycles. The Labute approximate surface area is 189 Å². The fraction of sp³-hybridized carbons (Fsp3) is 0.370. The van der Waals surface area contributed by atoms with Crippen LogP contribution in [0.1, 0.15) is 52.9 Å². The molecule has 0 saturated carbocycles. The maximum Gasteiger partial charge on any atom is 0.335 e. The Morgan fingerprint density at radius 2 is 1.84 bits per heavy atom. The molecule has 0 spiro atoms. The zero-order valence-electron chi connectivity index (χ0n) is 19.0. The summed E-state index contributed by atoms with van der Waals surface area (Å²) in [6, 6.07) is 18.0. The lowest BCUT2D eigenvalue weighted by molar-refractivity contribution is -0.0138. The van der Waals surface area contributed by atoms with Gasteiger partial charge < -0.3 is 14.6 Å². The summed E-state index contributed by atoms with van der Waals surface area (Å²) >= 11 is 0. The van der Waals surface area contributed by atoms with E-state index in [2.05, 4.69) is 42.2 Å². The minimum Gasteiger partial charge on any atom is -0.496 e. The highest BCUT2D eigenvalue weighted by Crippen LogP contribution is 2.38. The van der Waals surface area contributed by atoms with E-state index in [-0.39, 0.29) is 12.1 Å². The average Bonchev–Trinajstić information content (AvgIpc) is 2.81. The van der Waals surface area contributed by atoms with Crippen LogP contribution in [0.25, 0.3) is 10.8 Å². The van der Waals surface area contributed by atoms with E-state index in [4.69, 9.17) is 9.47 Å². The Hall–Kier alpha value is -2.89. The number of aromatic carboxylic acids is 1. The van der Waals surface area contributed by atoms with Gasteiger partial charge in [0.15, 0.2) is 0 Å². The Balaban J connectivity index is 1.71. The van der Waals surface area contributed by atoms with Crippen molar-refractivity contribution in [3.05, 3.63) is 76.9 Å². The van der Waals surface area contributed by atoms with Crippen LogP contribution in [0, 0.1) is 6.92 Å². The monoisotopic (exact) mass is 433 g/mol. The van der Waals surface area contributed by atoms with E-state index in [1.165, 1.54) is 21.9 Å². The zero-order valence-corrected chi connectivity index (χ0v) is 19.0. The number of hydrogen-bond acceptors (Lipinski definition) is 4. The number of ether oxygens (including phenoxy) is 2. The van der Waals surface area contributed by atoms with E-state index in [0.29, 0.717) is 12.2 Å². The van der Waals surface area contributed by atoms with E-state index < -0.39 is 5.97 Å². The molecule has 1 aliphatic rings. The summed E-state index contributed by atoms with van der Waals surface area (Å²) < 4.78 is 11.8. The Bertz CT molecular complexity index is 1090. The number of fused-ring (bicyclic) bond motifs is 1. The third-order valence-electron chi connectivity index (χ3n) is 6.51. The summed E-state index contributed by atoms with van der Waals surface area (Å²) in [5.41, 5.74) is 3.83. The number of likely N-dealkylation sites (tertiary alicyclic amines) is 1. The lowest BCUT2D eigenvalue weighted by atomic mass is 9.91. The molecule has 168 valence electrons. The summed E-state index contributed by atoms with van der Waals surface area (Å²) in [6.45, 7) is 6.52. The maximum absolute atomic E-state index is 11.3. The second kappa shape index (κ2) is 9.72. The van der Waals surface area contributed by atoms with Crippen molar-refractivity contribution in [3.8, 4) is 5.75 Å². The van der Waals surface area contributed by atoms with Crippen LogP contribution in [-0.4, -0.2) is 42.3 Å².